The van der Waals surface area contributed by atoms with E-state index in [0.29, 0.717) is 16.7 Å². The van der Waals surface area contributed by atoms with Gasteiger partial charge in [-0.15, -0.1) is 5.10 Å². The first-order chi connectivity index (χ1) is 9.79. The third kappa shape index (κ3) is 1.89. The Kier molecular flexibility index (Phi) is 2.57. The van der Waals surface area contributed by atoms with E-state index in [4.69, 9.17) is 11.6 Å². The van der Waals surface area contributed by atoms with E-state index in [1.165, 1.54) is 12.1 Å². The maximum absolute atomic E-state index is 5.97. The molecule has 2 N–H and O–H groups in total. The monoisotopic (exact) mass is 305 g/mol. The Hall–Kier alpha value is -2.19. The van der Waals surface area contributed by atoms with E-state index in [1.54, 1.807) is 16.9 Å². The molecule has 0 fully saturated rings. The fourth-order valence-corrected chi connectivity index (χ4v) is 2.69. The SMILES string of the molecule is Clc1nccn2nc(NC3=CC4=CNSN4C=C3)nc12. The normalized spacial score (nSPS) is 16.8. The fraction of sp³-hybridized carbons (Fsp3) is 0. The Morgan fingerprint density at radius 2 is 2.35 bits per heavy atom. The minimum atomic E-state index is 0.325. The smallest absolute Gasteiger partial charge is 0.247 e. The zero-order valence-corrected chi connectivity index (χ0v) is 11.6. The van der Waals surface area contributed by atoms with Crippen LogP contribution in [0.3, 0.4) is 0 Å². The molecule has 0 spiro atoms. The van der Waals surface area contributed by atoms with Crippen LogP contribution in [-0.4, -0.2) is 23.9 Å². The Morgan fingerprint density at radius 1 is 1.40 bits per heavy atom. The van der Waals surface area contributed by atoms with Crippen LogP contribution in [0.25, 0.3) is 5.65 Å². The van der Waals surface area contributed by atoms with Gasteiger partial charge in [0.05, 0.1) is 17.8 Å². The van der Waals surface area contributed by atoms with E-state index < -0.39 is 0 Å². The summed E-state index contributed by atoms with van der Waals surface area (Å²) in [7, 11) is 0. The maximum Gasteiger partial charge on any atom is 0.247 e. The first-order valence-corrected chi connectivity index (χ1v) is 6.90. The van der Waals surface area contributed by atoms with Crippen LogP contribution in [0.5, 0.6) is 0 Å². The highest BCUT2D eigenvalue weighted by Crippen LogP contribution is 2.27. The van der Waals surface area contributed by atoms with Crippen LogP contribution in [0.1, 0.15) is 0 Å². The molecule has 0 radical (unpaired) electrons. The van der Waals surface area contributed by atoms with E-state index in [-0.39, 0.29) is 0 Å². The van der Waals surface area contributed by atoms with Gasteiger partial charge in [-0.25, -0.2) is 9.50 Å². The molecule has 4 heterocycles. The molecule has 2 aliphatic heterocycles. The average molecular weight is 306 g/mol. The molecule has 4 rings (SSSR count). The van der Waals surface area contributed by atoms with Gasteiger partial charge < -0.3 is 10.0 Å². The van der Waals surface area contributed by atoms with Crippen LogP contribution in [0, 0.1) is 0 Å². The van der Waals surface area contributed by atoms with Gasteiger partial charge in [0.1, 0.15) is 0 Å². The molecular formula is C11H8ClN7S. The molecule has 2 aromatic heterocycles. The largest absolute Gasteiger partial charge is 0.323 e. The average Bonchev–Trinajstić information content (AvgIpc) is 3.05. The van der Waals surface area contributed by atoms with Crippen molar-refractivity contribution >= 4 is 35.3 Å². The molecule has 20 heavy (non-hydrogen) atoms. The molecule has 0 atom stereocenters. The van der Waals surface area contributed by atoms with E-state index in [0.717, 1.165) is 11.4 Å². The quantitative estimate of drug-likeness (QED) is 0.821. The van der Waals surface area contributed by atoms with Crippen LogP contribution in [-0.2, 0) is 0 Å². The van der Waals surface area contributed by atoms with Crippen molar-refractivity contribution < 1.29 is 0 Å². The summed E-state index contributed by atoms with van der Waals surface area (Å²) < 4.78 is 6.68. The standard InChI is InChI=1S/C11H8ClN7S/c12-9-10-16-11(17-18(10)4-2-13-9)15-7-1-3-19-8(5-7)6-14-20-19/h1-6,14H,(H,15,17). The summed E-state index contributed by atoms with van der Waals surface area (Å²) in [4.78, 5) is 8.28. The van der Waals surface area contributed by atoms with Gasteiger partial charge in [-0.05, 0) is 12.2 Å². The van der Waals surface area contributed by atoms with Crippen LogP contribution < -0.4 is 10.0 Å². The summed E-state index contributed by atoms with van der Waals surface area (Å²) in [6, 6.07) is 0. The second-order valence-electron chi connectivity index (χ2n) is 4.07. The predicted octanol–water partition coefficient (Wildman–Crippen LogP) is 1.91. The maximum atomic E-state index is 5.97. The summed E-state index contributed by atoms with van der Waals surface area (Å²) in [6.45, 7) is 0. The number of allylic oxidation sites excluding steroid dienone is 2. The number of nitrogens with one attached hydrogen (secondary N) is 2. The molecule has 0 bridgehead atoms. The van der Waals surface area contributed by atoms with Gasteiger partial charge in [-0.1, -0.05) is 11.6 Å². The van der Waals surface area contributed by atoms with Gasteiger partial charge in [0, 0.05) is 30.5 Å². The van der Waals surface area contributed by atoms with Crippen LogP contribution >= 0.6 is 23.7 Å². The number of halogens is 1. The van der Waals surface area contributed by atoms with Gasteiger partial charge in [-0.3, -0.25) is 4.31 Å². The predicted molar refractivity (Wildman–Crippen MR) is 77.3 cm³/mol. The summed E-state index contributed by atoms with van der Waals surface area (Å²) in [5, 5.41) is 7.77. The minimum Gasteiger partial charge on any atom is -0.323 e. The molecule has 0 aromatic carbocycles. The van der Waals surface area contributed by atoms with Crippen LogP contribution in [0.2, 0.25) is 5.15 Å². The van der Waals surface area contributed by atoms with Crippen molar-refractivity contribution in [1.82, 2.24) is 28.6 Å². The summed E-state index contributed by atoms with van der Waals surface area (Å²) in [6.07, 6.45) is 11.1. The van der Waals surface area contributed by atoms with E-state index in [2.05, 4.69) is 25.1 Å². The molecule has 100 valence electrons. The van der Waals surface area contributed by atoms with Crippen molar-refractivity contribution in [3.8, 4) is 0 Å². The first-order valence-electron chi connectivity index (χ1n) is 5.75. The van der Waals surface area contributed by atoms with Gasteiger partial charge in [0.25, 0.3) is 0 Å². The molecule has 0 amide bonds. The van der Waals surface area contributed by atoms with Crippen LogP contribution in [0.15, 0.2) is 48.3 Å². The molecule has 0 saturated heterocycles. The number of aromatic nitrogens is 4. The second-order valence-corrected chi connectivity index (χ2v) is 5.24. The Labute approximate surface area is 123 Å². The number of fused-ring (bicyclic) bond motifs is 2. The van der Waals surface area contributed by atoms with Crippen molar-refractivity contribution in [3.63, 3.8) is 0 Å². The van der Waals surface area contributed by atoms with Gasteiger partial charge in [0.2, 0.25) is 5.95 Å². The molecule has 2 aromatic rings. The van der Waals surface area contributed by atoms with Crippen molar-refractivity contribution in [1.29, 1.82) is 0 Å². The molecule has 0 aliphatic carbocycles. The number of hydrogen-bond acceptors (Lipinski definition) is 7. The molecule has 2 aliphatic rings. The van der Waals surface area contributed by atoms with Crippen LogP contribution in [0.4, 0.5) is 5.95 Å². The highest BCUT2D eigenvalue weighted by molar-refractivity contribution is 7.95. The number of nitrogens with zero attached hydrogens (tertiary/aromatic N) is 5. The number of anilines is 1. The summed E-state index contributed by atoms with van der Waals surface area (Å²) in [5.41, 5.74) is 2.48. The van der Waals surface area contributed by atoms with Crippen molar-refractivity contribution in [3.05, 3.63) is 53.5 Å². The first kappa shape index (κ1) is 11.6. The van der Waals surface area contributed by atoms with Gasteiger partial charge >= 0.3 is 0 Å². The second kappa shape index (κ2) is 4.43. The zero-order valence-electron chi connectivity index (χ0n) is 9.99. The number of hydrogen-bond donors (Lipinski definition) is 2. The van der Waals surface area contributed by atoms with E-state index in [9.17, 15) is 0 Å². The molecule has 0 unspecified atom stereocenters. The fourth-order valence-electron chi connectivity index (χ4n) is 1.88. The third-order valence-corrected chi connectivity index (χ3v) is 3.79. The van der Waals surface area contributed by atoms with Crippen molar-refractivity contribution in [2.45, 2.75) is 0 Å². The highest BCUT2D eigenvalue weighted by Gasteiger charge is 2.16. The minimum absolute atomic E-state index is 0.325. The lowest BCUT2D eigenvalue weighted by Gasteiger charge is -2.17. The highest BCUT2D eigenvalue weighted by atomic mass is 35.5. The molecule has 0 saturated carbocycles. The Balaban J connectivity index is 1.65. The Morgan fingerprint density at radius 3 is 3.25 bits per heavy atom. The lowest BCUT2D eigenvalue weighted by atomic mass is 10.2. The number of rotatable bonds is 2. The summed E-state index contributed by atoms with van der Waals surface area (Å²) in [5.74, 6) is 0.475. The van der Waals surface area contributed by atoms with Gasteiger partial charge in [0.15, 0.2) is 10.8 Å². The topological polar surface area (TPSA) is 70.4 Å². The van der Waals surface area contributed by atoms with Gasteiger partial charge in [-0.2, -0.15) is 4.98 Å². The molecular weight excluding hydrogens is 298 g/mol. The summed E-state index contributed by atoms with van der Waals surface area (Å²) >= 11 is 7.48. The zero-order chi connectivity index (χ0) is 13.5. The lowest BCUT2D eigenvalue weighted by molar-refractivity contribution is 0.801. The van der Waals surface area contributed by atoms with Crippen molar-refractivity contribution in [2.24, 2.45) is 0 Å². The third-order valence-electron chi connectivity index (χ3n) is 2.77. The van der Waals surface area contributed by atoms with E-state index >= 15 is 0 Å². The Bertz CT molecular complexity index is 778. The van der Waals surface area contributed by atoms with E-state index in [1.807, 2.05) is 28.9 Å². The molecule has 9 heteroatoms. The van der Waals surface area contributed by atoms with Crippen molar-refractivity contribution in [2.75, 3.05) is 5.32 Å². The molecule has 7 nitrogen and oxygen atoms in total. The lowest BCUT2D eigenvalue weighted by Crippen LogP contribution is -2.10.